The van der Waals surface area contributed by atoms with Crippen molar-refractivity contribution in [1.82, 2.24) is 0 Å². The van der Waals surface area contributed by atoms with Crippen molar-refractivity contribution in [3.63, 3.8) is 0 Å². The highest BCUT2D eigenvalue weighted by molar-refractivity contribution is 6.30. The van der Waals surface area contributed by atoms with Crippen molar-refractivity contribution in [3.05, 3.63) is 58.9 Å². The predicted molar refractivity (Wildman–Crippen MR) is 76.6 cm³/mol. The smallest absolute Gasteiger partial charge is 0.143 e. The molecule has 0 spiro atoms. The van der Waals surface area contributed by atoms with Gasteiger partial charge in [0.1, 0.15) is 29.8 Å². The lowest BCUT2D eigenvalue weighted by Gasteiger charge is -2.10. The van der Waals surface area contributed by atoms with Crippen molar-refractivity contribution >= 4 is 17.3 Å². The van der Waals surface area contributed by atoms with Gasteiger partial charge in [0, 0.05) is 11.6 Å². The SMILES string of the molecule is N#Cc1c(F)cccc1NCCOc1ccc(Cl)cc1. The Balaban J connectivity index is 1.86. The van der Waals surface area contributed by atoms with E-state index in [0.29, 0.717) is 29.6 Å². The third-order valence-corrected chi connectivity index (χ3v) is 2.88. The number of nitrogens with one attached hydrogen (secondary N) is 1. The number of nitrogens with zero attached hydrogens (tertiary/aromatic N) is 1. The van der Waals surface area contributed by atoms with Crippen molar-refractivity contribution < 1.29 is 9.13 Å². The number of ether oxygens (including phenoxy) is 1. The summed E-state index contributed by atoms with van der Waals surface area (Å²) in [5, 5.41) is 12.5. The van der Waals surface area contributed by atoms with Crippen LogP contribution >= 0.6 is 11.6 Å². The van der Waals surface area contributed by atoms with E-state index in [2.05, 4.69) is 5.32 Å². The highest BCUT2D eigenvalue weighted by Crippen LogP contribution is 2.18. The number of hydrogen-bond acceptors (Lipinski definition) is 3. The van der Waals surface area contributed by atoms with Crippen molar-refractivity contribution in [3.8, 4) is 11.8 Å². The molecule has 0 saturated heterocycles. The normalized spacial score (nSPS) is 9.85. The fourth-order valence-electron chi connectivity index (χ4n) is 1.67. The van der Waals surface area contributed by atoms with Gasteiger partial charge in [0.05, 0.1) is 5.69 Å². The fourth-order valence-corrected chi connectivity index (χ4v) is 1.80. The van der Waals surface area contributed by atoms with Gasteiger partial charge in [0.2, 0.25) is 0 Å². The monoisotopic (exact) mass is 290 g/mol. The van der Waals surface area contributed by atoms with Crippen molar-refractivity contribution in [2.75, 3.05) is 18.5 Å². The van der Waals surface area contributed by atoms with E-state index in [4.69, 9.17) is 21.6 Å². The van der Waals surface area contributed by atoms with Gasteiger partial charge in [-0.3, -0.25) is 0 Å². The molecule has 0 saturated carbocycles. The molecule has 0 unspecified atom stereocenters. The van der Waals surface area contributed by atoms with Crippen molar-refractivity contribution in [1.29, 1.82) is 5.26 Å². The summed E-state index contributed by atoms with van der Waals surface area (Å²) < 4.78 is 18.8. The molecule has 102 valence electrons. The lowest BCUT2D eigenvalue weighted by atomic mass is 10.2. The second-order valence-corrected chi connectivity index (χ2v) is 4.44. The fraction of sp³-hybridized carbons (Fsp3) is 0.133. The maximum atomic E-state index is 13.4. The minimum atomic E-state index is -0.531. The highest BCUT2D eigenvalue weighted by Gasteiger charge is 2.06. The van der Waals surface area contributed by atoms with Crippen LogP contribution in [-0.2, 0) is 0 Å². The van der Waals surface area contributed by atoms with E-state index in [1.807, 2.05) is 6.07 Å². The average Bonchev–Trinajstić information content (AvgIpc) is 2.45. The molecule has 0 aliphatic rings. The Labute approximate surface area is 121 Å². The van der Waals surface area contributed by atoms with E-state index in [9.17, 15) is 4.39 Å². The Kier molecular flexibility index (Phi) is 4.80. The Morgan fingerprint density at radius 2 is 1.95 bits per heavy atom. The topological polar surface area (TPSA) is 45.0 Å². The van der Waals surface area contributed by atoms with Crippen LogP contribution in [0.2, 0.25) is 5.02 Å². The first-order valence-corrected chi connectivity index (χ1v) is 6.39. The molecule has 2 aromatic carbocycles. The van der Waals surface area contributed by atoms with Crippen LogP contribution < -0.4 is 10.1 Å². The predicted octanol–water partition coefficient (Wildman–Crippen LogP) is 3.84. The molecule has 0 bridgehead atoms. The van der Waals surface area contributed by atoms with Crippen molar-refractivity contribution in [2.24, 2.45) is 0 Å². The van der Waals surface area contributed by atoms with Gasteiger partial charge in [-0.05, 0) is 36.4 Å². The van der Waals surface area contributed by atoms with E-state index < -0.39 is 5.82 Å². The molecule has 0 aromatic heterocycles. The van der Waals surface area contributed by atoms with Crippen molar-refractivity contribution in [2.45, 2.75) is 0 Å². The third-order valence-electron chi connectivity index (χ3n) is 2.63. The summed E-state index contributed by atoms with van der Waals surface area (Å²) in [4.78, 5) is 0. The van der Waals surface area contributed by atoms with E-state index >= 15 is 0 Å². The quantitative estimate of drug-likeness (QED) is 0.851. The summed E-state index contributed by atoms with van der Waals surface area (Å²) in [6, 6.07) is 13.3. The molecule has 0 aliphatic carbocycles. The highest BCUT2D eigenvalue weighted by atomic mass is 35.5. The average molecular weight is 291 g/mol. The zero-order valence-electron chi connectivity index (χ0n) is 10.6. The molecule has 0 aliphatic heterocycles. The second kappa shape index (κ2) is 6.78. The van der Waals surface area contributed by atoms with Crippen LogP contribution in [0.5, 0.6) is 5.75 Å². The van der Waals surface area contributed by atoms with Crippen LogP contribution in [-0.4, -0.2) is 13.2 Å². The molecule has 2 rings (SSSR count). The summed E-state index contributed by atoms with van der Waals surface area (Å²) in [6.45, 7) is 0.851. The molecule has 0 radical (unpaired) electrons. The van der Waals surface area contributed by atoms with Crippen LogP contribution in [0.15, 0.2) is 42.5 Å². The van der Waals surface area contributed by atoms with Crippen LogP contribution in [0, 0.1) is 17.1 Å². The lowest BCUT2D eigenvalue weighted by Crippen LogP contribution is -2.12. The number of anilines is 1. The molecule has 5 heteroatoms. The number of hydrogen-bond donors (Lipinski definition) is 1. The minimum absolute atomic E-state index is 0.0130. The van der Waals surface area contributed by atoms with E-state index in [1.54, 1.807) is 36.4 Å². The van der Waals surface area contributed by atoms with Gasteiger partial charge in [0.25, 0.3) is 0 Å². The Morgan fingerprint density at radius 3 is 2.65 bits per heavy atom. The Bertz CT molecular complexity index is 623. The zero-order chi connectivity index (χ0) is 14.4. The summed E-state index contributed by atoms with van der Waals surface area (Å²) in [7, 11) is 0. The first-order chi connectivity index (χ1) is 9.70. The second-order valence-electron chi connectivity index (χ2n) is 4.00. The summed E-state index contributed by atoms with van der Waals surface area (Å²) in [5.74, 6) is 0.173. The molecule has 0 heterocycles. The van der Waals surface area contributed by atoms with Gasteiger partial charge in [0.15, 0.2) is 0 Å². The molecule has 2 aromatic rings. The first kappa shape index (κ1) is 14.2. The van der Waals surface area contributed by atoms with Gasteiger partial charge < -0.3 is 10.1 Å². The molecule has 0 atom stereocenters. The number of halogens is 2. The molecule has 20 heavy (non-hydrogen) atoms. The largest absolute Gasteiger partial charge is 0.492 e. The van der Waals surface area contributed by atoms with Gasteiger partial charge in [-0.2, -0.15) is 5.26 Å². The standard InChI is InChI=1S/C15H12ClFN2O/c16-11-4-6-12(7-5-11)20-9-8-19-15-3-1-2-14(17)13(15)10-18/h1-7,19H,8-9H2. The molecule has 0 amide bonds. The molecular weight excluding hydrogens is 279 g/mol. The number of nitriles is 1. The van der Waals surface area contributed by atoms with Gasteiger partial charge in [-0.1, -0.05) is 17.7 Å². The maximum Gasteiger partial charge on any atom is 0.143 e. The summed E-state index contributed by atoms with van der Waals surface area (Å²) in [5.41, 5.74) is 0.478. The van der Waals surface area contributed by atoms with Crippen LogP contribution in [0.3, 0.4) is 0 Å². The first-order valence-electron chi connectivity index (χ1n) is 6.01. The Hall–Kier alpha value is -2.25. The molecular formula is C15H12ClFN2O. The van der Waals surface area contributed by atoms with Gasteiger partial charge in [-0.25, -0.2) is 4.39 Å². The lowest BCUT2D eigenvalue weighted by molar-refractivity contribution is 0.333. The maximum absolute atomic E-state index is 13.4. The van der Waals surface area contributed by atoms with Crippen LogP contribution in [0.4, 0.5) is 10.1 Å². The summed E-state index contributed by atoms with van der Waals surface area (Å²) >= 11 is 5.77. The van der Waals surface area contributed by atoms with E-state index in [-0.39, 0.29) is 5.56 Å². The summed E-state index contributed by atoms with van der Waals surface area (Å²) in [6.07, 6.45) is 0. The van der Waals surface area contributed by atoms with E-state index in [0.717, 1.165) is 0 Å². The van der Waals surface area contributed by atoms with Crippen LogP contribution in [0.1, 0.15) is 5.56 Å². The zero-order valence-corrected chi connectivity index (χ0v) is 11.3. The Morgan fingerprint density at radius 1 is 1.20 bits per heavy atom. The third kappa shape index (κ3) is 3.62. The number of rotatable bonds is 5. The molecule has 3 nitrogen and oxygen atoms in total. The van der Waals surface area contributed by atoms with Gasteiger partial charge in [-0.15, -0.1) is 0 Å². The molecule has 0 fully saturated rings. The van der Waals surface area contributed by atoms with Crippen LogP contribution in [0.25, 0.3) is 0 Å². The van der Waals surface area contributed by atoms with Gasteiger partial charge >= 0.3 is 0 Å². The minimum Gasteiger partial charge on any atom is -0.492 e. The molecule has 1 N–H and O–H groups in total. The van der Waals surface area contributed by atoms with E-state index in [1.165, 1.54) is 6.07 Å². The number of benzene rings is 2.